The minimum atomic E-state index is -4.21. The molecule has 23 heavy (non-hydrogen) atoms. The van der Waals surface area contributed by atoms with Gasteiger partial charge in [0, 0.05) is 0 Å². The summed E-state index contributed by atoms with van der Waals surface area (Å²) in [5.74, 6) is -0.218. The van der Waals surface area contributed by atoms with E-state index in [2.05, 4.69) is 15.0 Å². The Morgan fingerprint density at radius 1 is 1.30 bits per heavy atom. The van der Waals surface area contributed by atoms with Crippen LogP contribution in [0.25, 0.3) is 11.2 Å². The number of aliphatic hydroxyl groups is 3. The van der Waals surface area contributed by atoms with Gasteiger partial charge in [0.2, 0.25) is 0 Å². The van der Waals surface area contributed by atoms with Crippen molar-refractivity contribution in [2.45, 2.75) is 29.7 Å². The normalized spacial score (nSPS) is 28.5. The molecule has 12 nitrogen and oxygen atoms in total. The number of aromatic nitrogens is 4. The number of hydrogen-bond acceptors (Lipinski definition) is 10. The molecule has 1 fully saturated rings. The second-order valence-corrected chi connectivity index (χ2v) is 6.44. The van der Waals surface area contributed by atoms with Crippen LogP contribution in [0.15, 0.2) is 11.5 Å². The lowest BCUT2D eigenvalue weighted by molar-refractivity contribution is -0.0511. The number of sulfonamides is 1. The molecule has 0 saturated carbocycles. The van der Waals surface area contributed by atoms with Crippen molar-refractivity contribution in [3.63, 3.8) is 0 Å². The molecule has 1 aliphatic heterocycles. The molecule has 3 heterocycles. The summed E-state index contributed by atoms with van der Waals surface area (Å²) < 4.78 is 29.4. The van der Waals surface area contributed by atoms with E-state index in [1.54, 1.807) is 0 Å². The highest BCUT2D eigenvalue weighted by atomic mass is 32.2. The number of primary sulfonamides is 1. The second-order valence-electron chi connectivity index (χ2n) is 4.99. The maximum Gasteiger partial charge on any atom is 0.273 e. The van der Waals surface area contributed by atoms with Crippen molar-refractivity contribution in [1.29, 1.82) is 0 Å². The van der Waals surface area contributed by atoms with Gasteiger partial charge in [-0.1, -0.05) is 0 Å². The molecule has 0 spiro atoms. The number of nitrogen functional groups attached to an aromatic ring is 1. The average Bonchev–Trinajstić information content (AvgIpc) is 3.01. The number of anilines is 1. The lowest BCUT2D eigenvalue weighted by Crippen LogP contribution is -2.33. The van der Waals surface area contributed by atoms with Crippen molar-refractivity contribution in [1.82, 2.24) is 19.5 Å². The summed E-state index contributed by atoms with van der Waals surface area (Å²) in [4.78, 5) is 11.3. The van der Waals surface area contributed by atoms with Gasteiger partial charge in [-0.25, -0.2) is 18.5 Å². The number of hydrogen-bond donors (Lipinski definition) is 5. The van der Waals surface area contributed by atoms with Gasteiger partial charge in [0.25, 0.3) is 15.2 Å². The van der Waals surface area contributed by atoms with Crippen LogP contribution in [0.2, 0.25) is 0 Å². The summed E-state index contributed by atoms with van der Waals surface area (Å²) in [6, 6.07) is 0. The molecule has 2 aromatic heterocycles. The zero-order valence-corrected chi connectivity index (χ0v) is 12.3. The number of fused-ring (bicyclic) bond motifs is 1. The van der Waals surface area contributed by atoms with Crippen molar-refractivity contribution in [3.05, 3.63) is 6.33 Å². The molecule has 7 N–H and O–H groups in total. The van der Waals surface area contributed by atoms with E-state index in [9.17, 15) is 18.6 Å². The molecule has 4 atom stereocenters. The van der Waals surface area contributed by atoms with Gasteiger partial charge in [0.05, 0.1) is 12.9 Å². The van der Waals surface area contributed by atoms with E-state index in [1.165, 1.54) is 10.9 Å². The van der Waals surface area contributed by atoms with E-state index < -0.39 is 46.3 Å². The molecule has 0 radical (unpaired) electrons. The van der Waals surface area contributed by atoms with Gasteiger partial charge >= 0.3 is 0 Å². The Bertz CT molecular complexity index is 853. The molecule has 1 aliphatic rings. The first-order valence-corrected chi connectivity index (χ1v) is 7.94. The quantitative estimate of drug-likeness (QED) is 0.350. The molecule has 0 unspecified atom stereocenters. The van der Waals surface area contributed by atoms with Gasteiger partial charge in [-0.3, -0.25) is 4.57 Å². The molecule has 0 bridgehead atoms. The Hall–Kier alpha value is -1.90. The number of rotatable bonds is 3. The molecule has 126 valence electrons. The third kappa shape index (κ3) is 2.52. The van der Waals surface area contributed by atoms with Crippen LogP contribution in [0.4, 0.5) is 5.82 Å². The van der Waals surface area contributed by atoms with E-state index in [-0.39, 0.29) is 17.0 Å². The summed E-state index contributed by atoms with van der Waals surface area (Å²) in [5.41, 5.74) is 5.68. The fourth-order valence-electron chi connectivity index (χ4n) is 2.34. The molecule has 0 amide bonds. The van der Waals surface area contributed by atoms with E-state index in [1.807, 2.05) is 0 Å². The average molecular weight is 346 g/mol. The highest BCUT2D eigenvalue weighted by Gasteiger charge is 2.44. The smallest absolute Gasteiger partial charge is 0.273 e. The van der Waals surface area contributed by atoms with Gasteiger partial charge < -0.3 is 25.8 Å². The maximum absolute atomic E-state index is 11.4. The fourth-order valence-corrected chi connectivity index (χ4v) is 2.78. The highest BCUT2D eigenvalue weighted by molar-refractivity contribution is 7.89. The predicted molar refractivity (Wildman–Crippen MR) is 74.1 cm³/mol. The van der Waals surface area contributed by atoms with E-state index in [0.717, 1.165) is 0 Å². The number of ether oxygens (including phenoxy) is 1. The second kappa shape index (κ2) is 5.33. The van der Waals surface area contributed by atoms with Crippen molar-refractivity contribution in [3.8, 4) is 0 Å². The van der Waals surface area contributed by atoms with Gasteiger partial charge in [0.15, 0.2) is 17.7 Å². The standard InChI is InChI=1S/C10H14N6O6S/c11-7-4-8(15-10(14-7)23(12,20)21)16(2-13-4)9-6(19)5(18)3(1-17)22-9/h2-3,5-6,9,17-19H,1H2,(H2,11,14,15)(H2,12,20,21)/t3-,5-,6-,9-/m1/s1. The van der Waals surface area contributed by atoms with Crippen molar-refractivity contribution in [2.75, 3.05) is 12.3 Å². The van der Waals surface area contributed by atoms with Gasteiger partial charge in [-0.2, -0.15) is 9.97 Å². The Morgan fingerprint density at radius 3 is 2.57 bits per heavy atom. The van der Waals surface area contributed by atoms with Crippen molar-refractivity contribution < 1.29 is 28.5 Å². The molecule has 3 rings (SSSR count). The van der Waals surface area contributed by atoms with Crippen molar-refractivity contribution >= 4 is 27.0 Å². The molecule has 2 aromatic rings. The zero-order chi connectivity index (χ0) is 16.9. The Morgan fingerprint density at radius 2 is 2.00 bits per heavy atom. The lowest BCUT2D eigenvalue weighted by atomic mass is 10.1. The third-order valence-corrected chi connectivity index (χ3v) is 4.17. The zero-order valence-electron chi connectivity index (χ0n) is 11.5. The Balaban J connectivity index is 2.14. The number of nitrogens with zero attached hydrogens (tertiary/aromatic N) is 4. The largest absolute Gasteiger partial charge is 0.394 e. The van der Waals surface area contributed by atoms with E-state index in [0.29, 0.717) is 0 Å². The molecular weight excluding hydrogens is 332 g/mol. The predicted octanol–water partition coefficient (Wildman–Crippen LogP) is -3.33. The van der Waals surface area contributed by atoms with Crippen molar-refractivity contribution in [2.24, 2.45) is 5.14 Å². The number of nitrogens with two attached hydrogens (primary N) is 2. The Labute approximate surface area is 129 Å². The van der Waals surface area contributed by atoms with Crippen LogP contribution in [-0.2, 0) is 14.8 Å². The van der Waals surface area contributed by atoms with Crippen LogP contribution in [0.5, 0.6) is 0 Å². The van der Waals surface area contributed by atoms with Gasteiger partial charge in [0.1, 0.15) is 23.8 Å². The summed E-state index contributed by atoms with van der Waals surface area (Å²) in [7, 11) is -4.21. The minimum absolute atomic E-state index is 0.0450. The summed E-state index contributed by atoms with van der Waals surface area (Å²) in [6.07, 6.45) is -3.68. The van der Waals surface area contributed by atoms with Crippen LogP contribution in [0.3, 0.4) is 0 Å². The molecule has 0 aliphatic carbocycles. The number of aliphatic hydroxyl groups excluding tert-OH is 3. The number of imidazole rings is 1. The molecule has 1 saturated heterocycles. The topological polar surface area (TPSA) is 200 Å². The summed E-state index contributed by atoms with van der Waals surface area (Å²) >= 11 is 0. The fraction of sp³-hybridized carbons (Fsp3) is 0.500. The monoisotopic (exact) mass is 346 g/mol. The first-order valence-electron chi connectivity index (χ1n) is 6.39. The van der Waals surface area contributed by atoms with E-state index >= 15 is 0 Å². The van der Waals surface area contributed by atoms with Crippen LogP contribution < -0.4 is 10.9 Å². The lowest BCUT2D eigenvalue weighted by Gasteiger charge is -2.16. The maximum atomic E-state index is 11.4. The highest BCUT2D eigenvalue weighted by Crippen LogP contribution is 2.32. The van der Waals surface area contributed by atoms with Gasteiger partial charge in [-0.15, -0.1) is 0 Å². The molecule has 0 aromatic carbocycles. The summed E-state index contributed by atoms with van der Waals surface area (Å²) in [6.45, 7) is -0.513. The Kier molecular flexibility index (Phi) is 3.70. The van der Waals surface area contributed by atoms with E-state index in [4.69, 9.17) is 20.7 Å². The third-order valence-electron chi connectivity index (χ3n) is 3.47. The van der Waals surface area contributed by atoms with Crippen LogP contribution in [0.1, 0.15) is 6.23 Å². The van der Waals surface area contributed by atoms with Crippen LogP contribution in [-0.4, -0.2) is 68.2 Å². The molecule has 13 heteroatoms. The summed E-state index contributed by atoms with van der Waals surface area (Å²) in [5, 5.41) is 33.2. The first kappa shape index (κ1) is 16.0. The molecular formula is C10H14N6O6S. The minimum Gasteiger partial charge on any atom is -0.394 e. The van der Waals surface area contributed by atoms with Gasteiger partial charge in [-0.05, 0) is 0 Å². The van der Waals surface area contributed by atoms with Crippen LogP contribution in [0, 0.1) is 0 Å². The van der Waals surface area contributed by atoms with Crippen LogP contribution >= 0.6 is 0 Å². The first-order chi connectivity index (χ1) is 10.7. The SMILES string of the molecule is Nc1nc(S(N)(=O)=O)nc2c1ncn2[C@@H]1O[C@H](CO)[C@@H](O)[C@H]1O.